The molecule has 1 aliphatic heterocycles. The highest BCUT2D eigenvalue weighted by atomic mass is 32.2. The van der Waals surface area contributed by atoms with Gasteiger partial charge in [-0.2, -0.15) is 0 Å². The van der Waals surface area contributed by atoms with E-state index >= 15 is 0 Å². The maximum atomic E-state index is 12.6. The summed E-state index contributed by atoms with van der Waals surface area (Å²) >= 11 is 1.89. The predicted molar refractivity (Wildman–Crippen MR) is 54.2 cm³/mol. The van der Waals surface area contributed by atoms with E-state index in [4.69, 9.17) is 0 Å². The van der Waals surface area contributed by atoms with Crippen LogP contribution in [0.3, 0.4) is 0 Å². The summed E-state index contributed by atoms with van der Waals surface area (Å²) in [5, 5.41) is 4.37. The molecule has 0 saturated carbocycles. The van der Waals surface area contributed by atoms with Crippen molar-refractivity contribution in [1.82, 2.24) is 5.32 Å². The first-order valence-electron chi connectivity index (χ1n) is 4.40. The molecule has 0 amide bonds. The van der Waals surface area contributed by atoms with Gasteiger partial charge >= 0.3 is 0 Å². The number of hydrogen-bond acceptors (Lipinski definition) is 2. The van der Waals surface area contributed by atoms with Crippen molar-refractivity contribution in [2.45, 2.75) is 17.5 Å². The lowest BCUT2D eigenvalue weighted by molar-refractivity contribution is 0.625. The van der Waals surface area contributed by atoms with Crippen LogP contribution in [-0.2, 0) is 0 Å². The normalized spacial score (nSPS) is 27.8. The van der Waals surface area contributed by atoms with Gasteiger partial charge in [0.05, 0.1) is 5.37 Å². The second-order valence-corrected chi connectivity index (χ2v) is 4.83. The van der Waals surface area contributed by atoms with Gasteiger partial charge in [0.25, 0.3) is 0 Å². The molecule has 13 heavy (non-hydrogen) atoms. The summed E-state index contributed by atoms with van der Waals surface area (Å²) in [6.45, 7) is 3.23. The Hall–Kier alpha value is -0.540. The van der Waals surface area contributed by atoms with Crippen molar-refractivity contribution >= 4 is 11.8 Å². The van der Waals surface area contributed by atoms with E-state index in [1.54, 1.807) is 0 Å². The standard InChI is InChI=1S/C10H12FNS/c1-7-6-12-10(13-7)8-2-4-9(11)5-3-8/h2-5,7,10,12H,6H2,1H3. The summed E-state index contributed by atoms with van der Waals surface area (Å²) in [4.78, 5) is 0. The monoisotopic (exact) mass is 197 g/mol. The molecule has 1 heterocycles. The topological polar surface area (TPSA) is 12.0 Å². The smallest absolute Gasteiger partial charge is 0.123 e. The van der Waals surface area contributed by atoms with E-state index in [1.165, 1.54) is 12.1 Å². The molecule has 0 spiro atoms. The molecule has 2 atom stereocenters. The van der Waals surface area contributed by atoms with Crippen molar-refractivity contribution in [1.29, 1.82) is 0 Å². The zero-order chi connectivity index (χ0) is 9.26. The Bertz CT molecular complexity index is 285. The number of hydrogen-bond donors (Lipinski definition) is 1. The summed E-state index contributed by atoms with van der Waals surface area (Å²) in [6, 6.07) is 6.72. The first-order chi connectivity index (χ1) is 6.25. The lowest BCUT2D eigenvalue weighted by atomic mass is 10.2. The molecule has 1 fully saturated rings. The van der Waals surface area contributed by atoms with Gasteiger partial charge in [0.2, 0.25) is 0 Å². The van der Waals surface area contributed by atoms with Gasteiger partial charge in [0.15, 0.2) is 0 Å². The van der Waals surface area contributed by atoms with E-state index in [2.05, 4.69) is 12.2 Å². The second kappa shape index (κ2) is 3.68. The van der Waals surface area contributed by atoms with Gasteiger partial charge in [-0.15, -0.1) is 11.8 Å². The van der Waals surface area contributed by atoms with Gasteiger partial charge in [-0.3, -0.25) is 0 Å². The first kappa shape index (κ1) is 9.03. The summed E-state index contributed by atoms with van der Waals surface area (Å²) in [5.41, 5.74) is 1.16. The quantitative estimate of drug-likeness (QED) is 0.742. The van der Waals surface area contributed by atoms with Gasteiger partial charge in [-0.1, -0.05) is 19.1 Å². The van der Waals surface area contributed by atoms with Crippen molar-refractivity contribution in [2.24, 2.45) is 0 Å². The third kappa shape index (κ3) is 2.03. The van der Waals surface area contributed by atoms with Crippen LogP contribution in [0.25, 0.3) is 0 Å². The van der Waals surface area contributed by atoms with E-state index < -0.39 is 0 Å². The molecule has 1 aliphatic rings. The Balaban J connectivity index is 2.13. The maximum Gasteiger partial charge on any atom is 0.123 e. The number of rotatable bonds is 1. The maximum absolute atomic E-state index is 12.6. The fourth-order valence-corrected chi connectivity index (χ4v) is 2.60. The number of benzene rings is 1. The minimum absolute atomic E-state index is 0.167. The van der Waals surface area contributed by atoms with E-state index in [-0.39, 0.29) is 5.82 Å². The first-order valence-corrected chi connectivity index (χ1v) is 5.34. The van der Waals surface area contributed by atoms with Crippen LogP contribution in [-0.4, -0.2) is 11.8 Å². The third-order valence-electron chi connectivity index (χ3n) is 2.13. The molecule has 0 radical (unpaired) electrons. The van der Waals surface area contributed by atoms with E-state index in [1.807, 2.05) is 23.9 Å². The molecule has 0 aromatic heterocycles. The molecule has 70 valence electrons. The van der Waals surface area contributed by atoms with Crippen molar-refractivity contribution in [2.75, 3.05) is 6.54 Å². The lowest BCUT2D eigenvalue weighted by Crippen LogP contribution is -2.13. The highest BCUT2D eigenvalue weighted by Gasteiger charge is 2.22. The van der Waals surface area contributed by atoms with E-state index in [9.17, 15) is 4.39 Å². The molecule has 1 nitrogen and oxygen atoms in total. The van der Waals surface area contributed by atoms with Crippen molar-refractivity contribution < 1.29 is 4.39 Å². The van der Waals surface area contributed by atoms with Gasteiger partial charge < -0.3 is 5.32 Å². The number of halogens is 1. The molecule has 3 heteroatoms. The van der Waals surface area contributed by atoms with Gasteiger partial charge in [-0.05, 0) is 17.7 Å². The van der Waals surface area contributed by atoms with E-state index in [0.717, 1.165) is 12.1 Å². The molecule has 2 rings (SSSR count). The van der Waals surface area contributed by atoms with Crippen molar-refractivity contribution in [3.63, 3.8) is 0 Å². The van der Waals surface area contributed by atoms with Crippen LogP contribution in [0.15, 0.2) is 24.3 Å². The average Bonchev–Trinajstić information content (AvgIpc) is 2.53. The largest absolute Gasteiger partial charge is 0.301 e. The molecular formula is C10H12FNS. The number of thioether (sulfide) groups is 1. The van der Waals surface area contributed by atoms with Crippen LogP contribution in [0.1, 0.15) is 17.9 Å². The summed E-state index contributed by atoms with van der Waals surface area (Å²) in [6.07, 6.45) is 0. The summed E-state index contributed by atoms with van der Waals surface area (Å²) in [7, 11) is 0. The molecule has 1 saturated heterocycles. The van der Waals surface area contributed by atoms with Gasteiger partial charge in [0.1, 0.15) is 5.82 Å². The summed E-state index contributed by atoms with van der Waals surface area (Å²) in [5.74, 6) is -0.167. The molecule has 1 N–H and O–H groups in total. The minimum atomic E-state index is -0.167. The van der Waals surface area contributed by atoms with Crippen LogP contribution in [0.2, 0.25) is 0 Å². The van der Waals surface area contributed by atoms with Crippen molar-refractivity contribution in [3.05, 3.63) is 35.6 Å². The van der Waals surface area contributed by atoms with Crippen LogP contribution in [0, 0.1) is 5.82 Å². The zero-order valence-electron chi connectivity index (χ0n) is 7.46. The molecule has 0 aliphatic carbocycles. The van der Waals surface area contributed by atoms with Crippen LogP contribution in [0.4, 0.5) is 4.39 Å². The Kier molecular flexibility index (Phi) is 2.56. The fraction of sp³-hybridized carbons (Fsp3) is 0.400. The van der Waals surface area contributed by atoms with Crippen LogP contribution in [0.5, 0.6) is 0 Å². The molecule has 0 bridgehead atoms. The predicted octanol–water partition coefficient (Wildman–Crippen LogP) is 2.55. The Morgan fingerprint density at radius 2 is 2.08 bits per heavy atom. The third-order valence-corrected chi connectivity index (χ3v) is 3.47. The van der Waals surface area contributed by atoms with E-state index in [0.29, 0.717) is 10.6 Å². The van der Waals surface area contributed by atoms with Gasteiger partial charge in [0, 0.05) is 11.8 Å². The molecule has 1 aromatic carbocycles. The average molecular weight is 197 g/mol. The molecular weight excluding hydrogens is 185 g/mol. The summed E-state index contributed by atoms with van der Waals surface area (Å²) < 4.78 is 12.6. The Morgan fingerprint density at radius 1 is 1.38 bits per heavy atom. The van der Waals surface area contributed by atoms with Crippen LogP contribution < -0.4 is 5.32 Å². The Morgan fingerprint density at radius 3 is 2.62 bits per heavy atom. The zero-order valence-corrected chi connectivity index (χ0v) is 8.27. The highest BCUT2D eigenvalue weighted by Crippen LogP contribution is 2.34. The SMILES string of the molecule is CC1CNC(c2ccc(F)cc2)S1. The van der Waals surface area contributed by atoms with Crippen molar-refractivity contribution in [3.8, 4) is 0 Å². The molecule has 1 aromatic rings. The highest BCUT2D eigenvalue weighted by molar-refractivity contribution is 8.00. The fourth-order valence-electron chi connectivity index (χ4n) is 1.44. The number of nitrogens with one attached hydrogen (secondary N) is 1. The lowest BCUT2D eigenvalue weighted by Gasteiger charge is -2.09. The minimum Gasteiger partial charge on any atom is -0.301 e. The van der Waals surface area contributed by atoms with Crippen LogP contribution >= 0.6 is 11.8 Å². The van der Waals surface area contributed by atoms with Gasteiger partial charge in [-0.25, -0.2) is 4.39 Å². The Labute approximate surface area is 81.7 Å². The molecule has 2 unspecified atom stereocenters. The second-order valence-electron chi connectivity index (χ2n) is 3.29.